The molecule has 1 fully saturated rings. The summed E-state index contributed by atoms with van der Waals surface area (Å²) >= 11 is 3.77. The van der Waals surface area contributed by atoms with Crippen LogP contribution in [-0.4, -0.2) is 40.0 Å². The first-order valence-electron chi connectivity index (χ1n) is 5.62. The molecular weight excluding hydrogens is 258 g/mol. The Kier molecular flexibility index (Phi) is 3.63. The maximum Gasteiger partial charge on any atom is 0.353 e. The van der Waals surface area contributed by atoms with Crippen molar-refractivity contribution in [3.05, 3.63) is 0 Å². The zero-order valence-corrected chi connectivity index (χ0v) is 11.9. The summed E-state index contributed by atoms with van der Waals surface area (Å²) in [7, 11) is 1.38. The minimum atomic E-state index is -0.939. The molecule has 2 aliphatic rings. The van der Waals surface area contributed by atoms with Crippen molar-refractivity contribution in [1.29, 1.82) is 0 Å². The molecule has 2 heterocycles. The number of methoxy groups -OCH3 is 1. The van der Waals surface area contributed by atoms with Crippen molar-refractivity contribution in [3.8, 4) is 0 Å². The van der Waals surface area contributed by atoms with Gasteiger partial charge in [-0.15, -0.1) is 23.5 Å². The van der Waals surface area contributed by atoms with Crippen molar-refractivity contribution in [2.45, 2.75) is 36.4 Å². The van der Waals surface area contributed by atoms with Crippen LogP contribution in [0.25, 0.3) is 0 Å². The summed E-state index contributed by atoms with van der Waals surface area (Å²) in [5.41, 5.74) is 0.0196. The summed E-state index contributed by atoms with van der Waals surface area (Å²) in [5.74, 6) is 1.92. The quantitative estimate of drug-likeness (QED) is 0.724. The highest BCUT2D eigenvalue weighted by molar-refractivity contribution is 8.19. The fourth-order valence-electron chi connectivity index (χ4n) is 1.91. The van der Waals surface area contributed by atoms with Gasteiger partial charge in [-0.25, -0.2) is 4.79 Å². The zero-order valence-electron chi connectivity index (χ0n) is 10.3. The summed E-state index contributed by atoms with van der Waals surface area (Å²) in [5, 5.41) is 4.13. The lowest BCUT2D eigenvalue weighted by Crippen LogP contribution is -2.39. The standard InChI is InChI=1S/C11H17NO3S2/c1-10(9(13)14-3)7-8(12-15-10)11(2)16-5-4-6-17-11/h4-7H2,1-3H3. The minimum Gasteiger partial charge on any atom is -0.466 e. The molecule has 0 aromatic carbocycles. The smallest absolute Gasteiger partial charge is 0.353 e. The highest BCUT2D eigenvalue weighted by Gasteiger charge is 2.48. The largest absolute Gasteiger partial charge is 0.466 e. The fraction of sp³-hybridized carbons (Fsp3) is 0.818. The SMILES string of the molecule is COC(=O)C1(C)CC(C2(C)SCCCS2)=NO1. The molecule has 17 heavy (non-hydrogen) atoms. The van der Waals surface area contributed by atoms with Gasteiger partial charge in [-0.1, -0.05) is 5.16 Å². The van der Waals surface area contributed by atoms with Crippen molar-refractivity contribution in [2.75, 3.05) is 18.6 Å². The number of nitrogens with zero attached hydrogens (tertiary/aromatic N) is 1. The monoisotopic (exact) mass is 275 g/mol. The molecule has 6 heteroatoms. The van der Waals surface area contributed by atoms with Gasteiger partial charge in [0, 0.05) is 6.42 Å². The Balaban J connectivity index is 2.08. The molecule has 96 valence electrons. The summed E-state index contributed by atoms with van der Waals surface area (Å²) in [6.07, 6.45) is 1.75. The summed E-state index contributed by atoms with van der Waals surface area (Å²) in [6, 6.07) is 0. The minimum absolute atomic E-state index is 0.0516. The molecule has 2 aliphatic heterocycles. The number of hydrogen-bond donors (Lipinski definition) is 0. The molecule has 1 unspecified atom stereocenters. The third-order valence-corrected chi connectivity index (χ3v) is 6.31. The molecule has 4 nitrogen and oxygen atoms in total. The van der Waals surface area contributed by atoms with Crippen LogP contribution in [0.1, 0.15) is 26.7 Å². The second-order valence-electron chi connectivity index (χ2n) is 4.52. The van der Waals surface area contributed by atoms with Crippen LogP contribution in [0, 0.1) is 0 Å². The normalized spacial score (nSPS) is 31.6. The van der Waals surface area contributed by atoms with Crippen molar-refractivity contribution in [2.24, 2.45) is 5.16 Å². The molecule has 0 spiro atoms. The van der Waals surface area contributed by atoms with Gasteiger partial charge in [0.2, 0.25) is 5.60 Å². The molecule has 0 aromatic heterocycles. The maximum atomic E-state index is 11.6. The zero-order chi connectivity index (χ0) is 12.5. The molecule has 0 aliphatic carbocycles. The molecule has 0 radical (unpaired) electrons. The van der Waals surface area contributed by atoms with Crippen LogP contribution in [0.5, 0.6) is 0 Å². The number of thioether (sulfide) groups is 2. The van der Waals surface area contributed by atoms with Gasteiger partial charge in [0.1, 0.15) is 0 Å². The average molecular weight is 275 g/mol. The second kappa shape index (κ2) is 4.72. The molecule has 0 saturated carbocycles. The van der Waals surface area contributed by atoms with Crippen molar-refractivity contribution < 1.29 is 14.4 Å². The molecular formula is C11H17NO3S2. The third-order valence-electron chi connectivity index (χ3n) is 3.05. The van der Waals surface area contributed by atoms with Gasteiger partial charge in [0.25, 0.3) is 0 Å². The van der Waals surface area contributed by atoms with Crippen LogP contribution in [0.2, 0.25) is 0 Å². The van der Waals surface area contributed by atoms with E-state index in [-0.39, 0.29) is 10.0 Å². The first-order chi connectivity index (χ1) is 8.00. The number of esters is 1. The molecule has 1 atom stereocenters. The highest BCUT2D eigenvalue weighted by atomic mass is 32.2. The van der Waals surface area contributed by atoms with E-state index in [0.29, 0.717) is 6.42 Å². The van der Waals surface area contributed by atoms with E-state index in [2.05, 4.69) is 12.1 Å². The Morgan fingerprint density at radius 2 is 2.06 bits per heavy atom. The van der Waals surface area contributed by atoms with E-state index < -0.39 is 5.60 Å². The lowest BCUT2D eigenvalue weighted by Gasteiger charge is -2.32. The lowest BCUT2D eigenvalue weighted by molar-refractivity contribution is -0.164. The van der Waals surface area contributed by atoms with Crippen molar-refractivity contribution in [1.82, 2.24) is 0 Å². The predicted octanol–water partition coefficient (Wildman–Crippen LogP) is 2.28. The van der Waals surface area contributed by atoms with Crippen LogP contribution in [-0.2, 0) is 14.4 Å². The van der Waals surface area contributed by atoms with Crippen LogP contribution < -0.4 is 0 Å². The number of carbonyl (C=O) groups excluding carboxylic acids is 1. The topological polar surface area (TPSA) is 47.9 Å². The van der Waals surface area contributed by atoms with Gasteiger partial charge >= 0.3 is 5.97 Å². The molecule has 1 saturated heterocycles. The first kappa shape index (κ1) is 13.1. The Bertz CT molecular complexity index is 353. The Hall–Kier alpha value is -0.360. The average Bonchev–Trinajstić information content (AvgIpc) is 2.74. The predicted molar refractivity (Wildman–Crippen MR) is 71.5 cm³/mol. The highest BCUT2D eigenvalue weighted by Crippen LogP contribution is 2.46. The van der Waals surface area contributed by atoms with E-state index in [1.807, 2.05) is 23.5 Å². The van der Waals surface area contributed by atoms with E-state index >= 15 is 0 Å². The van der Waals surface area contributed by atoms with E-state index in [4.69, 9.17) is 9.57 Å². The Morgan fingerprint density at radius 3 is 2.65 bits per heavy atom. The number of ether oxygens (including phenoxy) is 1. The van der Waals surface area contributed by atoms with Gasteiger partial charge in [0.15, 0.2) is 0 Å². The summed E-state index contributed by atoms with van der Waals surface area (Å²) in [4.78, 5) is 16.9. The van der Waals surface area contributed by atoms with Gasteiger partial charge in [-0.05, 0) is 31.8 Å². The number of hydrogen-bond acceptors (Lipinski definition) is 6. The third kappa shape index (κ3) is 2.42. The lowest BCUT2D eigenvalue weighted by atomic mass is 9.98. The molecule has 0 bridgehead atoms. The fourth-order valence-corrected chi connectivity index (χ4v) is 4.83. The molecule has 0 aromatic rings. The number of oxime groups is 1. The van der Waals surface area contributed by atoms with E-state index in [1.54, 1.807) is 6.92 Å². The van der Waals surface area contributed by atoms with E-state index in [1.165, 1.54) is 13.5 Å². The molecule has 0 amide bonds. The Morgan fingerprint density at radius 1 is 1.41 bits per heavy atom. The van der Waals surface area contributed by atoms with Crippen LogP contribution in [0.4, 0.5) is 0 Å². The summed E-state index contributed by atoms with van der Waals surface area (Å²) < 4.78 is 4.70. The summed E-state index contributed by atoms with van der Waals surface area (Å²) in [6.45, 7) is 3.89. The van der Waals surface area contributed by atoms with Gasteiger partial charge in [0.05, 0.1) is 16.9 Å². The first-order valence-corrected chi connectivity index (χ1v) is 7.59. The van der Waals surface area contributed by atoms with Crippen molar-refractivity contribution in [3.63, 3.8) is 0 Å². The van der Waals surface area contributed by atoms with Crippen LogP contribution in [0.3, 0.4) is 0 Å². The molecule has 0 N–H and O–H groups in total. The van der Waals surface area contributed by atoms with Gasteiger partial charge in [-0.3, -0.25) is 0 Å². The van der Waals surface area contributed by atoms with Crippen LogP contribution >= 0.6 is 23.5 Å². The number of carbonyl (C=O) groups is 1. The van der Waals surface area contributed by atoms with E-state index in [9.17, 15) is 4.79 Å². The Labute approximate surface area is 110 Å². The number of rotatable bonds is 2. The van der Waals surface area contributed by atoms with E-state index in [0.717, 1.165) is 17.2 Å². The second-order valence-corrected chi connectivity index (χ2v) is 7.81. The van der Waals surface area contributed by atoms with Crippen molar-refractivity contribution >= 4 is 35.2 Å². The maximum absolute atomic E-state index is 11.6. The van der Waals surface area contributed by atoms with Gasteiger partial charge < -0.3 is 9.57 Å². The molecule has 2 rings (SSSR count). The van der Waals surface area contributed by atoms with Gasteiger partial charge in [-0.2, -0.15) is 0 Å². The van der Waals surface area contributed by atoms with Crippen LogP contribution in [0.15, 0.2) is 5.16 Å².